The highest BCUT2D eigenvalue weighted by atomic mass is 16.5. The van der Waals surface area contributed by atoms with E-state index in [4.69, 9.17) is 9.84 Å². The Bertz CT molecular complexity index is 445. The summed E-state index contributed by atoms with van der Waals surface area (Å²) in [5.41, 5.74) is 1.67. The summed E-state index contributed by atoms with van der Waals surface area (Å²) in [4.78, 5) is 14.1. The van der Waals surface area contributed by atoms with E-state index in [-0.39, 0.29) is 12.6 Å². The molecule has 4 heteroatoms. The zero-order valence-corrected chi connectivity index (χ0v) is 12.0. The Morgan fingerprint density at radius 1 is 1.45 bits per heavy atom. The molecule has 1 aliphatic rings. The third-order valence-corrected chi connectivity index (χ3v) is 3.96. The van der Waals surface area contributed by atoms with E-state index in [0.29, 0.717) is 11.5 Å². The van der Waals surface area contributed by atoms with Crippen LogP contribution in [0.5, 0.6) is 0 Å². The molecule has 1 unspecified atom stereocenters. The van der Waals surface area contributed by atoms with E-state index in [1.807, 2.05) is 24.3 Å². The highest BCUT2D eigenvalue weighted by molar-refractivity contribution is 5.90. The highest BCUT2D eigenvalue weighted by Crippen LogP contribution is 2.22. The number of hydrogen-bond acceptors (Lipinski definition) is 4. The van der Waals surface area contributed by atoms with Gasteiger partial charge in [-0.2, -0.15) is 0 Å². The molecule has 1 saturated heterocycles. The van der Waals surface area contributed by atoms with Crippen molar-refractivity contribution in [2.24, 2.45) is 5.92 Å². The molecule has 0 aromatic heterocycles. The fourth-order valence-corrected chi connectivity index (χ4v) is 2.92. The van der Waals surface area contributed by atoms with Gasteiger partial charge in [-0.05, 0) is 43.4 Å². The molecule has 20 heavy (non-hydrogen) atoms. The molecule has 1 heterocycles. The molecule has 1 fully saturated rings. The van der Waals surface area contributed by atoms with Gasteiger partial charge in [0.1, 0.15) is 0 Å². The van der Waals surface area contributed by atoms with E-state index < -0.39 is 0 Å². The number of likely N-dealkylation sites (tertiary alicyclic amines) is 1. The van der Waals surface area contributed by atoms with Gasteiger partial charge in [-0.3, -0.25) is 4.90 Å². The van der Waals surface area contributed by atoms with E-state index in [1.54, 1.807) is 0 Å². The third kappa shape index (κ3) is 3.81. The zero-order valence-electron chi connectivity index (χ0n) is 12.0. The van der Waals surface area contributed by atoms with Crippen LogP contribution in [0.1, 0.15) is 35.2 Å². The Morgan fingerprint density at radius 3 is 3.00 bits per heavy atom. The molecule has 2 rings (SSSR count). The molecule has 1 aliphatic heterocycles. The minimum absolute atomic E-state index is 0.261. The lowest BCUT2D eigenvalue weighted by Gasteiger charge is -2.32. The van der Waals surface area contributed by atoms with Gasteiger partial charge in [0.05, 0.1) is 12.7 Å². The Kier molecular flexibility index (Phi) is 5.56. The number of carbonyl (C=O) groups excluding carboxylic acids is 1. The molecular formula is C16H23NO3. The van der Waals surface area contributed by atoms with Gasteiger partial charge in [0.25, 0.3) is 0 Å². The van der Waals surface area contributed by atoms with E-state index in [1.165, 1.54) is 13.5 Å². The van der Waals surface area contributed by atoms with Crippen molar-refractivity contribution >= 4 is 5.97 Å². The van der Waals surface area contributed by atoms with E-state index in [2.05, 4.69) is 4.90 Å². The molecule has 4 nitrogen and oxygen atoms in total. The molecule has 1 aromatic rings. The maximum absolute atomic E-state index is 11.8. The number of methoxy groups -OCH3 is 1. The lowest BCUT2D eigenvalue weighted by molar-refractivity contribution is 0.0597. The predicted molar refractivity (Wildman–Crippen MR) is 77.5 cm³/mol. The van der Waals surface area contributed by atoms with Gasteiger partial charge in [-0.15, -0.1) is 0 Å². The smallest absolute Gasteiger partial charge is 0.338 e. The van der Waals surface area contributed by atoms with Crippen LogP contribution in [0.2, 0.25) is 0 Å². The molecular weight excluding hydrogens is 254 g/mol. The number of carbonyl (C=O) groups is 1. The van der Waals surface area contributed by atoms with Crippen LogP contribution in [0, 0.1) is 5.92 Å². The number of esters is 1. The SMILES string of the molecule is COC(=O)c1ccccc1CN1CCCC(CCO)C1. The second-order valence-electron chi connectivity index (χ2n) is 5.40. The fourth-order valence-electron chi connectivity index (χ4n) is 2.92. The molecule has 0 aliphatic carbocycles. The largest absolute Gasteiger partial charge is 0.465 e. The number of benzene rings is 1. The van der Waals surface area contributed by atoms with Gasteiger partial charge >= 0.3 is 5.97 Å². The van der Waals surface area contributed by atoms with Crippen molar-refractivity contribution in [2.75, 3.05) is 26.8 Å². The first kappa shape index (κ1) is 15.0. The van der Waals surface area contributed by atoms with Crippen molar-refractivity contribution in [3.05, 3.63) is 35.4 Å². The summed E-state index contributed by atoms with van der Waals surface area (Å²) in [6.45, 7) is 3.08. The third-order valence-electron chi connectivity index (χ3n) is 3.96. The van der Waals surface area contributed by atoms with Crippen LogP contribution in [0.3, 0.4) is 0 Å². The highest BCUT2D eigenvalue weighted by Gasteiger charge is 2.21. The predicted octanol–water partition coefficient (Wildman–Crippen LogP) is 2.07. The summed E-state index contributed by atoms with van der Waals surface area (Å²) in [6, 6.07) is 7.62. The van der Waals surface area contributed by atoms with Crippen molar-refractivity contribution in [2.45, 2.75) is 25.8 Å². The molecule has 0 radical (unpaired) electrons. The van der Waals surface area contributed by atoms with Crippen LogP contribution in [0.25, 0.3) is 0 Å². The van der Waals surface area contributed by atoms with Crippen LogP contribution in [-0.2, 0) is 11.3 Å². The molecule has 110 valence electrons. The van der Waals surface area contributed by atoms with Crippen molar-refractivity contribution in [3.8, 4) is 0 Å². The monoisotopic (exact) mass is 277 g/mol. The quantitative estimate of drug-likeness (QED) is 0.837. The minimum atomic E-state index is -0.274. The lowest BCUT2D eigenvalue weighted by Crippen LogP contribution is -2.35. The molecule has 0 bridgehead atoms. The topological polar surface area (TPSA) is 49.8 Å². The Balaban J connectivity index is 2.04. The standard InChI is InChI=1S/C16H23NO3/c1-20-16(19)15-7-3-2-6-14(15)12-17-9-4-5-13(11-17)8-10-18/h2-3,6-7,13,18H,4-5,8-12H2,1H3. The van der Waals surface area contributed by atoms with Crippen LogP contribution in [0.15, 0.2) is 24.3 Å². The number of aliphatic hydroxyl groups excluding tert-OH is 1. The van der Waals surface area contributed by atoms with E-state index in [9.17, 15) is 4.79 Å². The van der Waals surface area contributed by atoms with Crippen molar-refractivity contribution in [3.63, 3.8) is 0 Å². The molecule has 1 aromatic carbocycles. The summed E-state index contributed by atoms with van der Waals surface area (Å²) in [5.74, 6) is 0.295. The molecule has 0 amide bonds. The van der Waals surface area contributed by atoms with Crippen molar-refractivity contribution in [1.82, 2.24) is 4.90 Å². The molecule has 1 atom stereocenters. The van der Waals surface area contributed by atoms with Gasteiger partial charge < -0.3 is 9.84 Å². The fraction of sp³-hybridized carbons (Fsp3) is 0.562. The van der Waals surface area contributed by atoms with Crippen molar-refractivity contribution in [1.29, 1.82) is 0 Å². The van der Waals surface area contributed by atoms with Crippen LogP contribution < -0.4 is 0 Å². The number of hydrogen-bond donors (Lipinski definition) is 1. The minimum Gasteiger partial charge on any atom is -0.465 e. The Hall–Kier alpha value is -1.39. The summed E-state index contributed by atoms with van der Waals surface area (Å²) < 4.78 is 4.84. The lowest BCUT2D eigenvalue weighted by atomic mass is 9.94. The Labute approximate surface area is 120 Å². The summed E-state index contributed by atoms with van der Waals surface area (Å²) in [5, 5.41) is 9.06. The average Bonchev–Trinajstić information content (AvgIpc) is 2.48. The summed E-state index contributed by atoms with van der Waals surface area (Å²) in [7, 11) is 1.41. The van der Waals surface area contributed by atoms with E-state index in [0.717, 1.165) is 38.0 Å². The van der Waals surface area contributed by atoms with Gasteiger partial charge in [0.2, 0.25) is 0 Å². The zero-order chi connectivity index (χ0) is 14.4. The number of nitrogens with zero attached hydrogens (tertiary/aromatic N) is 1. The van der Waals surface area contributed by atoms with Crippen LogP contribution in [0.4, 0.5) is 0 Å². The normalized spacial score (nSPS) is 19.8. The number of rotatable bonds is 5. The summed E-state index contributed by atoms with van der Waals surface area (Å²) >= 11 is 0. The van der Waals surface area contributed by atoms with Gasteiger partial charge in [-0.25, -0.2) is 4.79 Å². The number of piperidine rings is 1. The van der Waals surface area contributed by atoms with Crippen molar-refractivity contribution < 1.29 is 14.6 Å². The number of aliphatic hydroxyl groups is 1. The Morgan fingerprint density at radius 2 is 2.25 bits per heavy atom. The second kappa shape index (κ2) is 7.41. The maximum atomic E-state index is 11.8. The van der Waals surface area contributed by atoms with Gasteiger partial charge in [-0.1, -0.05) is 18.2 Å². The van der Waals surface area contributed by atoms with Crippen LogP contribution >= 0.6 is 0 Å². The first-order valence-corrected chi connectivity index (χ1v) is 7.24. The van der Waals surface area contributed by atoms with Crippen LogP contribution in [-0.4, -0.2) is 42.8 Å². The summed E-state index contributed by atoms with van der Waals surface area (Å²) in [6.07, 6.45) is 3.22. The molecule has 0 spiro atoms. The van der Waals surface area contributed by atoms with Gasteiger partial charge in [0, 0.05) is 19.7 Å². The first-order valence-electron chi connectivity index (χ1n) is 7.24. The molecule has 0 saturated carbocycles. The maximum Gasteiger partial charge on any atom is 0.338 e. The molecule has 1 N–H and O–H groups in total. The second-order valence-corrected chi connectivity index (χ2v) is 5.40. The average molecular weight is 277 g/mol. The van der Waals surface area contributed by atoms with E-state index >= 15 is 0 Å². The number of ether oxygens (including phenoxy) is 1. The van der Waals surface area contributed by atoms with Gasteiger partial charge in [0.15, 0.2) is 0 Å². The first-order chi connectivity index (χ1) is 9.74.